The minimum Gasteiger partial charge on any atom is -0.331 e. The van der Waals surface area contributed by atoms with E-state index in [2.05, 4.69) is 59.2 Å². The van der Waals surface area contributed by atoms with E-state index in [1.807, 2.05) is 6.20 Å². The molecule has 0 aliphatic heterocycles. The van der Waals surface area contributed by atoms with E-state index >= 15 is 0 Å². The second-order valence-electron chi connectivity index (χ2n) is 4.78. The van der Waals surface area contributed by atoms with E-state index in [-0.39, 0.29) is 0 Å². The van der Waals surface area contributed by atoms with Crippen LogP contribution in [-0.2, 0) is 13.1 Å². The number of rotatable bonds is 7. The largest absolute Gasteiger partial charge is 0.331 e. The van der Waals surface area contributed by atoms with Crippen LogP contribution in [-0.4, -0.2) is 16.1 Å². The van der Waals surface area contributed by atoms with Crippen LogP contribution in [0.15, 0.2) is 36.7 Å². The third-order valence-electron chi connectivity index (χ3n) is 3.18. The molecule has 0 radical (unpaired) electrons. The number of benzene rings is 1. The van der Waals surface area contributed by atoms with Gasteiger partial charge in [-0.15, -0.1) is 0 Å². The van der Waals surface area contributed by atoms with Crippen LogP contribution in [0.2, 0.25) is 0 Å². The zero-order chi connectivity index (χ0) is 13.5. The highest BCUT2D eigenvalue weighted by Crippen LogP contribution is 2.22. The molecule has 0 bridgehead atoms. The topological polar surface area (TPSA) is 29.9 Å². The Hall–Kier alpha value is -1.61. The molecule has 102 valence electrons. The first-order valence-corrected chi connectivity index (χ1v) is 7.17. The van der Waals surface area contributed by atoms with Gasteiger partial charge in [-0.3, -0.25) is 0 Å². The highest BCUT2D eigenvalue weighted by atomic mass is 15.1. The fraction of sp³-hybridized carbons (Fsp3) is 0.438. The number of imidazole rings is 1. The zero-order valence-electron chi connectivity index (χ0n) is 11.9. The Morgan fingerprint density at radius 3 is 2.79 bits per heavy atom. The van der Waals surface area contributed by atoms with E-state index in [1.54, 1.807) is 0 Å². The molecule has 2 rings (SSSR count). The molecule has 1 heterocycles. The Morgan fingerprint density at radius 1 is 1.16 bits per heavy atom. The molecule has 0 spiro atoms. The van der Waals surface area contributed by atoms with E-state index in [1.165, 1.54) is 11.1 Å². The predicted molar refractivity (Wildman–Crippen MR) is 80.0 cm³/mol. The van der Waals surface area contributed by atoms with Crippen LogP contribution in [0.1, 0.15) is 32.3 Å². The molecule has 0 aliphatic carbocycles. The lowest BCUT2D eigenvalue weighted by atomic mass is 10.1. The van der Waals surface area contributed by atoms with Gasteiger partial charge >= 0.3 is 0 Å². The smallest absolute Gasteiger partial charge is 0.140 e. The first-order valence-electron chi connectivity index (χ1n) is 7.17. The van der Waals surface area contributed by atoms with Gasteiger partial charge in [-0.1, -0.05) is 38.1 Å². The van der Waals surface area contributed by atoms with Crippen LogP contribution in [0.4, 0.5) is 0 Å². The predicted octanol–water partition coefficient (Wildman–Crippen LogP) is 3.46. The molecule has 3 heteroatoms. The standard InChI is InChI=1S/C16H23N3/c1-3-9-17-13-14-7-5-6-8-15(14)16-18-10-12-19(16)11-4-2/h5-8,10,12,17H,3-4,9,11,13H2,1-2H3. The summed E-state index contributed by atoms with van der Waals surface area (Å²) in [6.07, 6.45) is 6.24. The molecule has 19 heavy (non-hydrogen) atoms. The lowest BCUT2D eigenvalue weighted by Crippen LogP contribution is -2.14. The molecule has 1 aromatic heterocycles. The molecule has 0 amide bonds. The number of hydrogen-bond acceptors (Lipinski definition) is 2. The molecule has 0 fully saturated rings. The van der Waals surface area contributed by atoms with Crippen molar-refractivity contribution in [1.29, 1.82) is 0 Å². The summed E-state index contributed by atoms with van der Waals surface area (Å²) in [5.74, 6) is 1.08. The normalized spacial score (nSPS) is 10.8. The average molecular weight is 257 g/mol. The van der Waals surface area contributed by atoms with E-state index in [9.17, 15) is 0 Å². The summed E-state index contributed by atoms with van der Waals surface area (Å²) in [7, 11) is 0. The average Bonchev–Trinajstić information content (AvgIpc) is 2.88. The Kier molecular flexibility index (Phi) is 5.16. The molecule has 0 unspecified atom stereocenters. The Labute approximate surface area is 115 Å². The van der Waals surface area contributed by atoms with Crippen molar-refractivity contribution < 1.29 is 0 Å². The zero-order valence-corrected chi connectivity index (χ0v) is 11.9. The number of hydrogen-bond donors (Lipinski definition) is 1. The summed E-state index contributed by atoms with van der Waals surface area (Å²) in [6, 6.07) is 8.53. The van der Waals surface area contributed by atoms with Crippen molar-refractivity contribution >= 4 is 0 Å². The van der Waals surface area contributed by atoms with Crippen molar-refractivity contribution in [2.45, 2.75) is 39.8 Å². The van der Waals surface area contributed by atoms with Crippen molar-refractivity contribution in [3.63, 3.8) is 0 Å². The fourth-order valence-electron chi connectivity index (χ4n) is 2.27. The summed E-state index contributed by atoms with van der Waals surface area (Å²) in [4.78, 5) is 4.53. The van der Waals surface area contributed by atoms with Crippen LogP contribution in [0.25, 0.3) is 11.4 Å². The van der Waals surface area contributed by atoms with Gasteiger partial charge in [-0.05, 0) is 24.9 Å². The maximum Gasteiger partial charge on any atom is 0.140 e. The number of aryl methyl sites for hydroxylation is 1. The van der Waals surface area contributed by atoms with Gasteiger partial charge in [-0.25, -0.2) is 4.98 Å². The SMILES string of the molecule is CCCNCc1ccccc1-c1nccn1CCC. The summed E-state index contributed by atoms with van der Waals surface area (Å²) >= 11 is 0. The third-order valence-corrected chi connectivity index (χ3v) is 3.18. The Balaban J connectivity index is 2.25. The first-order chi connectivity index (χ1) is 9.36. The van der Waals surface area contributed by atoms with Gasteiger partial charge in [0.15, 0.2) is 0 Å². The summed E-state index contributed by atoms with van der Waals surface area (Å²) < 4.78 is 2.23. The van der Waals surface area contributed by atoms with Gasteiger partial charge < -0.3 is 9.88 Å². The summed E-state index contributed by atoms with van der Waals surface area (Å²) in [5.41, 5.74) is 2.56. The van der Waals surface area contributed by atoms with Crippen LogP contribution < -0.4 is 5.32 Å². The van der Waals surface area contributed by atoms with E-state index in [0.717, 1.165) is 38.3 Å². The lowest BCUT2D eigenvalue weighted by molar-refractivity contribution is 0.670. The van der Waals surface area contributed by atoms with Crippen molar-refractivity contribution in [3.05, 3.63) is 42.2 Å². The minimum atomic E-state index is 0.906. The van der Waals surface area contributed by atoms with E-state index < -0.39 is 0 Å². The summed E-state index contributed by atoms with van der Waals surface area (Å²) in [5, 5.41) is 3.47. The summed E-state index contributed by atoms with van der Waals surface area (Å²) in [6.45, 7) is 7.36. The maximum absolute atomic E-state index is 4.53. The molecule has 0 saturated heterocycles. The van der Waals surface area contributed by atoms with Crippen molar-refractivity contribution in [2.75, 3.05) is 6.54 Å². The van der Waals surface area contributed by atoms with Crippen LogP contribution in [0, 0.1) is 0 Å². The monoisotopic (exact) mass is 257 g/mol. The Bertz CT molecular complexity index is 502. The van der Waals surface area contributed by atoms with Gasteiger partial charge in [-0.2, -0.15) is 0 Å². The van der Waals surface area contributed by atoms with Gasteiger partial charge in [0.05, 0.1) is 0 Å². The molecule has 0 atom stereocenters. The minimum absolute atomic E-state index is 0.906. The second-order valence-corrected chi connectivity index (χ2v) is 4.78. The van der Waals surface area contributed by atoms with Crippen LogP contribution >= 0.6 is 0 Å². The number of nitrogens with one attached hydrogen (secondary N) is 1. The molecular weight excluding hydrogens is 234 g/mol. The third kappa shape index (κ3) is 3.44. The van der Waals surface area contributed by atoms with Gasteiger partial charge in [0.25, 0.3) is 0 Å². The van der Waals surface area contributed by atoms with E-state index in [0.29, 0.717) is 0 Å². The molecule has 3 nitrogen and oxygen atoms in total. The van der Waals surface area contributed by atoms with Crippen molar-refractivity contribution in [3.8, 4) is 11.4 Å². The van der Waals surface area contributed by atoms with Crippen molar-refractivity contribution in [2.24, 2.45) is 0 Å². The highest BCUT2D eigenvalue weighted by Gasteiger charge is 2.09. The molecule has 0 aliphatic rings. The van der Waals surface area contributed by atoms with Gasteiger partial charge in [0.2, 0.25) is 0 Å². The fourth-order valence-corrected chi connectivity index (χ4v) is 2.27. The van der Waals surface area contributed by atoms with Gasteiger partial charge in [0.1, 0.15) is 5.82 Å². The quantitative estimate of drug-likeness (QED) is 0.770. The number of nitrogens with zero attached hydrogens (tertiary/aromatic N) is 2. The Morgan fingerprint density at radius 2 is 2.00 bits per heavy atom. The molecular formula is C16H23N3. The number of aromatic nitrogens is 2. The van der Waals surface area contributed by atoms with Crippen molar-refractivity contribution in [1.82, 2.24) is 14.9 Å². The molecule has 2 aromatic rings. The highest BCUT2D eigenvalue weighted by molar-refractivity contribution is 5.60. The molecule has 1 aromatic carbocycles. The molecule has 0 saturated carbocycles. The van der Waals surface area contributed by atoms with E-state index in [4.69, 9.17) is 0 Å². The lowest BCUT2D eigenvalue weighted by Gasteiger charge is -2.12. The van der Waals surface area contributed by atoms with Crippen LogP contribution in [0.3, 0.4) is 0 Å². The second kappa shape index (κ2) is 7.10. The van der Waals surface area contributed by atoms with Gasteiger partial charge in [0, 0.05) is 31.0 Å². The first kappa shape index (κ1) is 13.8. The van der Waals surface area contributed by atoms with Crippen LogP contribution in [0.5, 0.6) is 0 Å². The maximum atomic E-state index is 4.53. The molecule has 1 N–H and O–H groups in total.